The fourth-order valence-corrected chi connectivity index (χ4v) is 3.74. The van der Waals surface area contributed by atoms with Crippen molar-refractivity contribution in [2.45, 2.75) is 32.6 Å². The molecule has 0 bridgehead atoms. The number of imide groups is 1. The van der Waals surface area contributed by atoms with Crippen LogP contribution in [0, 0.1) is 0 Å². The molecule has 0 N–H and O–H groups in total. The van der Waals surface area contributed by atoms with E-state index >= 15 is 0 Å². The van der Waals surface area contributed by atoms with Crippen LogP contribution in [0.2, 0.25) is 0 Å². The van der Waals surface area contributed by atoms with E-state index in [0.717, 1.165) is 32.4 Å². The highest BCUT2D eigenvalue weighted by Crippen LogP contribution is 2.37. The van der Waals surface area contributed by atoms with Gasteiger partial charge in [0.1, 0.15) is 11.4 Å². The molecule has 0 radical (unpaired) electrons. The SMILES string of the molecule is CCOCCCN1C(=O)C(c2ccccc2OC)=C(N2CCCCC2)C1=O. The highest BCUT2D eigenvalue weighted by atomic mass is 16.5. The minimum atomic E-state index is -0.235. The Bertz CT molecular complexity index is 723. The van der Waals surface area contributed by atoms with E-state index in [1.54, 1.807) is 7.11 Å². The highest BCUT2D eigenvalue weighted by molar-refractivity contribution is 6.36. The third-order valence-electron chi connectivity index (χ3n) is 5.07. The van der Waals surface area contributed by atoms with Crippen LogP contribution in [0.1, 0.15) is 38.2 Å². The summed E-state index contributed by atoms with van der Waals surface area (Å²) < 4.78 is 10.8. The zero-order valence-electron chi connectivity index (χ0n) is 16.2. The number of likely N-dealkylation sites (tertiary alicyclic amines) is 1. The topological polar surface area (TPSA) is 59.1 Å². The number of para-hydroxylation sites is 1. The van der Waals surface area contributed by atoms with E-state index in [0.29, 0.717) is 48.8 Å². The first-order valence-corrected chi connectivity index (χ1v) is 9.75. The maximum absolute atomic E-state index is 13.2. The van der Waals surface area contributed by atoms with Crippen molar-refractivity contribution in [2.24, 2.45) is 0 Å². The zero-order valence-corrected chi connectivity index (χ0v) is 16.2. The van der Waals surface area contributed by atoms with Crippen LogP contribution in [0.25, 0.3) is 5.57 Å². The van der Waals surface area contributed by atoms with Crippen LogP contribution in [0.4, 0.5) is 0 Å². The number of piperidine rings is 1. The Hall–Kier alpha value is -2.34. The Morgan fingerprint density at radius 1 is 1.04 bits per heavy atom. The number of benzene rings is 1. The number of ether oxygens (including phenoxy) is 2. The Morgan fingerprint density at radius 3 is 2.48 bits per heavy atom. The molecule has 0 unspecified atom stereocenters. The molecule has 0 atom stereocenters. The smallest absolute Gasteiger partial charge is 0.277 e. The van der Waals surface area contributed by atoms with Crippen LogP contribution in [-0.2, 0) is 14.3 Å². The molecular weight excluding hydrogens is 344 g/mol. The molecule has 2 aliphatic heterocycles. The number of hydrogen-bond acceptors (Lipinski definition) is 5. The van der Waals surface area contributed by atoms with Crippen molar-refractivity contribution in [3.8, 4) is 5.75 Å². The second-order valence-corrected chi connectivity index (χ2v) is 6.78. The van der Waals surface area contributed by atoms with E-state index in [1.165, 1.54) is 4.90 Å². The molecule has 6 nitrogen and oxygen atoms in total. The van der Waals surface area contributed by atoms with Crippen LogP contribution < -0.4 is 4.74 Å². The quantitative estimate of drug-likeness (QED) is 0.519. The van der Waals surface area contributed by atoms with Crippen molar-refractivity contribution in [1.82, 2.24) is 9.80 Å². The molecule has 2 amide bonds. The molecule has 1 aromatic rings. The summed E-state index contributed by atoms with van der Waals surface area (Å²) in [6.45, 7) is 5.08. The number of carbonyl (C=O) groups excluding carboxylic acids is 2. The van der Waals surface area contributed by atoms with Crippen LogP contribution >= 0.6 is 0 Å². The van der Waals surface area contributed by atoms with Gasteiger partial charge in [-0.3, -0.25) is 14.5 Å². The summed E-state index contributed by atoms with van der Waals surface area (Å²) in [5, 5.41) is 0. The number of rotatable bonds is 8. The number of methoxy groups -OCH3 is 1. The molecule has 0 aliphatic carbocycles. The zero-order chi connectivity index (χ0) is 19.2. The van der Waals surface area contributed by atoms with Gasteiger partial charge in [-0.1, -0.05) is 18.2 Å². The average molecular weight is 372 g/mol. The molecule has 2 heterocycles. The standard InChI is InChI=1S/C21H28N2O4/c1-3-27-15-9-14-23-20(24)18(16-10-5-6-11-17(16)26-2)19(21(23)25)22-12-7-4-8-13-22/h5-6,10-11H,3-4,7-9,12-15H2,1-2H3. The van der Waals surface area contributed by atoms with Crippen LogP contribution in [-0.4, -0.2) is 61.6 Å². The first-order valence-electron chi connectivity index (χ1n) is 9.75. The molecule has 146 valence electrons. The summed E-state index contributed by atoms with van der Waals surface area (Å²) in [6.07, 6.45) is 3.87. The third-order valence-corrected chi connectivity index (χ3v) is 5.07. The van der Waals surface area contributed by atoms with E-state index < -0.39 is 0 Å². The number of amides is 2. The minimum absolute atomic E-state index is 0.195. The summed E-state index contributed by atoms with van der Waals surface area (Å²) in [6, 6.07) is 7.41. The molecule has 0 saturated carbocycles. The first-order chi connectivity index (χ1) is 13.2. The van der Waals surface area contributed by atoms with Crippen LogP contribution in [0.3, 0.4) is 0 Å². The normalized spacial score (nSPS) is 17.9. The van der Waals surface area contributed by atoms with E-state index in [-0.39, 0.29) is 11.8 Å². The molecule has 0 aromatic heterocycles. The van der Waals surface area contributed by atoms with Gasteiger partial charge < -0.3 is 14.4 Å². The van der Waals surface area contributed by atoms with E-state index in [2.05, 4.69) is 4.90 Å². The van der Waals surface area contributed by atoms with Gasteiger partial charge in [0.15, 0.2) is 0 Å². The summed E-state index contributed by atoms with van der Waals surface area (Å²) >= 11 is 0. The molecule has 2 aliphatic rings. The molecule has 0 spiro atoms. The lowest BCUT2D eigenvalue weighted by Gasteiger charge is -2.29. The van der Waals surface area contributed by atoms with Crippen molar-refractivity contribution in [3.63, 3.8) is 0 Å². The Kier molecular flexibility index (Phi) is 6.50. The first kappa shape index (κ1) is 19.4. The maximum atomic E-state index is 13.2. The van der Waals surface area contributed by atoms with Gasteiger partial charge in [0, 0.05) is 38.4 Å². The highest BCUT2D eigenvalue weighted by Gasteiger charge is 2.42. The fraction of sp³-hybridized carbons (Fsp3) is 0.524. The van der Waals surface area contributed by atoms with Gasteiger partial charge in [0.05, 0.1) is 12.7 Å². The van der Waals surface area contributed by atoms with Crippen molar-refractivity contribution in [3.05, 3.63) is 35.5 Å². The molecule has 6 heteroatoms. The van der Waals surface area contributed by atoms with Gasteiger partial charge in [-0.05, 0) is 38.7 Å². The van der Waals surface area contributed by atoms with Crippen LogP contribution in [0.5, 0.6) is 5.75 Å². The summed E-state index contributed by atoms with van der Waals surface area (Å²) in [5.41, 5.74) is 1.68. The number of carbonyl (C=O) groups is 2. The summed E-state index contributed by atoms with van der Waals surface area (Å²) in [5.74, 6) is 0.181. The molecule has 1 aromatic carbocycles. The molecule has 1 fully saturated rings. The Morgan fingerprint density at radius 2 is 1.78 bits per heavy atom. The monoisotopic (exact) mass is 372 g/mol. The Labute approximate surface area is 160 Å². The van der Waals surface area contributed by atoms with Gasteiger partial charge in [0.25, 0.3) is 11.8 Å². The molecule has 3 rings (SSSR count). The van der Waals surface area contributed by atoms with Gasteiger partial charge in [-0.2, -0.15) is 0 Å². The molecule has 1 saturated heterocycles. The van der Waals surface area contributed by atoms with Gasteiger partial charge >= 0.3 is 0 Å². The largest absolute Gasteiger partial charge is 0.496 e. The van der Waals surface area contributed by atoms with Gasteiger partial charge in [0.2, 0.25) is 0 Å². The second-order valence-electron chi connectivity index (χ2n) is 6.78. The van der Waals surface area contributed by atoms with Crippen LogP contribution in [0.15, 0.2) is 30.0 Å². The lowest BCUT2D eigenvalue weighted by Crippen LogP contribution is -2.37. The second kappa shape index (κ2) is 9.04. The van der Waals surface area contributed by atoms with Crippen molar-refractivity contribution < 1.29 is 19.1 Å². The number of nitrogens with zero attached hydrogens (tertiary/aromatic N) is 2. The summed E-state index contributed by atoms with van der Waals surface area (Å²) in [7, 11) is 1.58. The summed E-state index contributed by atoms with van der Waals surface area (Å²) in [4.78, 5) is 29.9. The van der Waals surface area contributed by atoms with Crippen molar-refractivity contribution in [1.29, 1.82) is 0 Å². The van der Waals surface area contributed by atoms with Crippen molar-refractivity contribution >= 4 is 17.4 Å². The molecular formula is C21H28N2O4. The minimum Gasteiger partial charge on any atom is -0.496 e. The number of hydrogen-bond donors (Lipinski definition) is 0. The van der Waals surface area contributed by atoms with Gasteiger partial charge in [-0.15, -0.1) is 0 Å². The van der Waals surface area contributed by atoms with E-state index in [1.807, 2.05) is 31.2 Å². The van der Waals surface area contributed by atoms with Gasteiger partial charge in [-0.25, -0.2) is 0 Å². The third kappa shape index (κ3) is 4.00. The van der Waals surface area contributed by atoms with Crippen molar-refractivity contribution in [2.75, 3.05) is 40.0 Å². The average Bonchev–Trinajstić information content (AvgIpc) is 2.96. The molecule has 27 heavy (non-hydrogen) atoms. The predicted molar refractivity (Wildman–Crippen MR) is 103 cm³/mol. The lowest BCUT2D eigenvalue weighted by atomic mass is 10.0. The predicted octanol–water partition coefficient (Wildman–Crippen LogP) is 2.69. The lowest BCUT2D eigenvalue weighted by molar-refractivity contribution is -0.137. The van der Waals surface area contributed by atoms with E-state index in [9.17, 15) is 9.59 Å². The maximum Gasteiger partial charge on any atom is 0.277 e. The Balaban J connectivity index is 1.96. The van der Waals surface area contributed by atoms with E-state index in [4.69, 9.17) is 9.47 Å². The fourth-order valence-electron chi connectivity index (χ4n) is 3.74.